The minimum atomic E-state index is 0. The number of aryl methyl sites for hydroxylation is 2. The summed E-state index contributed by atoms with van der Waals surface area (Å²) in [7, 11) is 1.74. The van der Waals surface area contributed by atoms with Crippen LogP contribution in [0.3, 0.4) is 0 Å². The minimum absolute atomic E-state index is 0. The first-order valence-corrected chi connectivity index (χ1v) is 7.87. The molecule has 0 amide bonds. The quantitative estimate of drug-likeness (QED) is 0.362. The van der Waals surface area contributed by atoms with Gasteiger partial charge in [-0.3, -0.25) is 4.99 Å². The number of benzene rings is 1. The van der Waals surface area contributed by atoms with Gasteiger partial charge < -0.3 is 15.1 Å². The Morgan fingerprint density at radius 1 is 1.12 bits per heavy atom. The smallest absolute Gasteiger partial charge is 0.191 e. The lowest BCUT2D eigenvalue weighted by molar-refractivity contribution is 0.534. The van der Waals surface area contributed by atoms with Crippen LogP contribution < -0.4 is 10.6 Å². The molecule has 132 valence electrons. The summed E-state index contributed by atoms with van der Waals surface area (Å²) in [4.78, 5) is 12.7. The Labute approximate surface area is 164 Å². The van der Waals surface area contributed by atoms with Crippen LogP contribution in [0.15, 0.2) is 45.9 Å². The van der Waals surface area contributed by atoms with E-state index in [0.29, 0.717) is 19.0 Å². The van der Waals surface area contributed by atoms with Gasteiger partial charge in [0.05, 0.1) is 18.8 Å². The summed E-state index contributed by atoms with van der Waals surface area (Å²) in [6.07, 6.45) is 1.76. The number of hydrogen-bond donors (Lipinski definition) is 2. The molecule has 0 atom stereocenters. The van der Waals surface area contributed by atoms with Gasteiger partial charge in [-0.2, -0.15) is 0 Å². The van der Waals surface area contributed by atoms with Crippen LogP contribution in [0.5, 0.6) is 0 Å². The average molecular weight is 451 g/mol. The van der Waals surface area contributed by atoms with Crippen LogP contribution in [0.4, 0.5) is 0 Å². The van der Waals surface area contributed by atoms with Crippen molar-refractivity contribution in [3.63, 3.8) is 0 Å². The van der Waals surface area contributed by atoms with E-state index in [1.807, 2.05) is 31.2 Å². The van der Waals surface area contributed by atoms with Crippen LogP contribution in [-0.4, -0.2) is 23.0 Å². The maximum atomic E-state index is 5.91. The molecule has 0 fully saturated rings. The summed E-state index contributed by atoms with van der Waals surface area (Å²) < 4.78 is 5.91. The summed E-state index contributed by atoms with van der Waals surface area (Å²) in [5, 5.41) is 7.66. The van der Waals surface area contributed by atoms with Gasteiger partial charge in [-0.15, -0.1) is 24.0 Å². The number of aliphatic imine (C=N–C) groups is 1. The highest BCUT2D eigenvalue weighted by Gasteiger charge is 2.10. The normalized spacial score (nSPS) is 11.2. The topological polar surface area (TPSA) is 75.3 Å². The number of halogens is 1. The monoisotopic (exact) mass is 451 g/mol. The van der Waals surface area contributed by atoms with Crippen molar-refractivity contribution in [1.82, 2.24) is 20.6 Å². The minimum Gasteiger partial charge on any atom is -0.459 e. The van der Waals surface area contributed by atoms with E-state index < -0.39 is 0 Å². The number of fused-ring (bicyclic) bond motifs is 1. The molecule has 3 rings (SSSR count). The molecule has 25 heavy (non-hydrogen) atoms. The summed E-state index contributed by atoms with van der Waals surface area (Å²) in [5.74, 6) is 2.37. The third kappa shape index (κ3) is 4.68. The number of furan rings is 1. The molecule has 0 aliphatic rings. The van der Waals surface area contributed by atoms with Crippen molar-refractivity contribution in [1.29, 1.82) is 0 Å². The molecule has 0 saturated heterocycles. The molecule has 2 heterocycles. The van der Waals surface area contributed by atoms with E-state index in [4.69, 9.17) is 4.42 Å². The van der Waals surface area contributed by atoms with Gasteiger partial charge in [0.2, 0.25) is 0 Å². The van der Waals surface area contributed by atoms with Crippen LogP contribution in [0, 0.1) is 13.8 Å². The number of hydrogen-bond acceptors (Lipinski definition) is 4. The van der Waals surface area contributed by atoms with Crippen molar-refractivity contribution in [3.05, 3.63) is 59.4 Å². The second-order valence-electron chi connectivity index (χ2n) is 5.52. The fraction of sp³-hybridized carbons (Fsp3) is 0.278. The second kappa shape index (κ2) is 8.80. The third-order valence-corrected chi connectivity index (χ3v) is 3.85. The van der Waals surface area contributed by atoms with Crippen molar-refractivity contribution in [2.45, 2.75) is 26.9 Å². The molecule has 0 unspecified atom stereocenters. The average Bonchev–Trinajstić information content (AvgIpc) is 2.92. The predicted molar refractivity (Wildman–Crippen MR) is 110 cm³/mol. The van der Waals surface area contributed by atoms with E-state index in [1.54, 1.807) is 13.2 Å². The largest absolute Gasteiger partial charge is 0.459 e. The molecule has 6 nitrogen and oxygen atoms in total. The Bertz CT molecular complexity index is 875. The Morgan fingerprint density at radius 3 is 2.60 bits per heavy atom. The lowest BCUT2D eigenvalue weighted by Gasteiger charge is -2.11. The Morgan fingerprint density at radius 2 is 1.88 bits per heavy atom. The molecule has 0 spiro atoms. The summed E-state index contributed by atoms with van der Waals surface area (Å²) in [6, 6.07) is 9.94. The third-order valence-electron chi connectivity index (χ3n) is 3.85. The van der Waals surface area contributed by atoms with Gasteiger partial charge in [0.15, 0.2) is 5.96 Å². The van der Waals surface area contributed by atoms with Gasteiger partial charge in [0.25, 0.3) is 0 Å². The van der Waals surface area contributed by atoms with Crippen LogP contribution >= 0.6 is 24.0 Å². The standard InChI is InChI=1S/C18H21N5O.HI/c1-12-15-6-4-5-7-16(15)24-17(12)11-22-18(19-3)21-10-14-8-9-20-13(2)23-14;/h4-9H,10-11H2,1-3H3,(H2,19,21,22);1H. The van der Waals surface area contributed by atoms with Crippen molar-refractivity contribution >= 4 is 40.9 Å². The van der Waals surface area contributed by atoms with E-state index in [2.05, 4.69) is 38.6 Å². The maximum Gasteiger partial charge on any atom is 0.191 e. The first kappa shape index (κ1) is 19.2. The fourth-order valence-corrected chi connectivity index (χ4v) is 2.56. The van der Waals surface area contributed by atoms with Gasteiger partial charge >= 0.3 is 0 Å². The van der Waals surface area contributed by atoms with E-state index in [0.717, 1.165) is 33.8 Å². The molecular weight excluding hydrogens is 429 g/mol. The van der Waals surface area contributed by atoms with E-state index >= 15 is 0 Å². The molecule has 0 saturated carbocycles. The zero-order chi connectivity index (χ0) is 16.9. The number of guanidine groups is 1. The summed E-state index contributed by atoms with van der Waals surface area (Å²) in [6.45, 7) is 5.11. The molecular formula is C18H22IN5O. The Balaban J connectivity index is 0.00000225. The zero-order valence-corrected chi connectivity index (χ0v) is 16.9. The fourth-order valence-electron chi connectivity index (χ4n) is 2.56. The first-order chi connectivity index (χ1) is 11.7. The van der Waals surface area contributed by atoms with Gasteiger partial charge in [0, 0.05) is 24.2 Å². The highest BCUT2D eigenvalue weighted by atomic mass is 127. The number of para-hydroxylation sites is 1. The van der Waals surface area contributed by atoms with E-state index in [-0.39, 0.29) is 24.0 Å². The molecule has 0 radical (unpaired) electrons. The number of aromatic nitrogens is 2. The number of nitrogens with zero attached hydrogens (tertiary/aromatic N) is 3. The van der Waals surface area contributed by atoms with Gasteiger partial charge in [-0.1, -0.05) is 18.2 Å². The van der Waals surface area contributed by atoms with Crippen LogP contribution in [0.25, 0.3) is 11.0 Å². The van der Waals surface area contributed by atoms with E-state index in [1.165, 1.54) is 0 Å². The Hall–Kier alpha value is -2.16. The van der Waals surface area contributed by atoms with Gasteiger partial charge in [-0.25, -0.2) is 9.97 Å². The van der Waals surface area contributed by atoms with Crippen molar-refractivity contribution in [2.24, 2.45) is 4.99 Å². The van der Waals surface area contributed by atoms with E-state index in [9.17, 15) is 0 Å². The maximum absolute atomic E-state index is 5.91. The molecule has 7 heteroatoms. The summed E-state index contributed by atoms with van der Waals surface area (Å²) >= 11 is 0. The first-order valence-electron chi connectivity index (χ1n) is 7.87. The SMILES string of the molecule is CN=C(NCc1ccnc(C)n1)NCc1oc2ccccc2c1C.I. The number of nitrogens with one attached hydrogen (secondary N) is 2. The lowest BCUT2D eigenvalue weighted by Crippen LogP contribution is -2.36. The molecule has 3 aromatic rings. The van der Waals surface area contributed by atoms with Crippen molar-refractivity contribution < 1.29 is 4.42 Å². The zero-order valence-electron chi connectivity index (χ0n) is 14.5. The molecule has 2 N–H and O–H groups in total. The highest BCUT2D eigenvalue weighted by molar-refractivity contribution is 14.0. The molecule has 0 bridgehead atoms. The second-order valence-corrected chi connectivity index (χ2v) is 5.52. The van der Waals surface area contributed by atoms with Crippen LogP contribution in [-0.2, 0) is 13.1 Å². The highest BCUT2D eigenvalue weighted by Crippen LogP contribution is 2.24. The molecule has 1 aromatic carbocycles. The van der Waals surface area contributed by atoms with Crippen molar-refractivity contribution in [2.75, 3.05) is 7.05 Å². The van der Waals surface area contributed by atoms with Crippen molar-refractivity contribution in [3.8, 4) is 0 Å². The molecule has 0 aliphatic heterocycles. The molecule has 2 aromatic heterocycles. The molecule has 0 aliphatic carbocycles. The Kier molecular flexibility index (Phi) is 6.74. The van der Waals surface area contributed by atoms with Gasteiger partial charge in [-0.05, 0) is 26.0 Å². The van der Waals surface area contributed by atoms with Crippen LogP contribution in [0.2, 0.25) is 0 Å². The predicted octanol–water partition coefficient (Wildman–Crippen LogP) is 3.32. The number of rotatable bonds is 4. The summed E-state index contributed by atoms with van der Waals surface area (Å²) in [5.41, 5.74) is 2.98. The lowest BCUT2D eigenvalue weighted by atomic mass is 10.1. The van der Waals surface area contributed by atoms with Gasteiger partial charge in [0.1, 0.15) is 17.2 Å². The van der Waals surface area contributed by atoms with Crippen LogP contribution in [0.1, 0.15) is 22.8 Å².